The molecule has 12 heteroatoms. The van der Waals surface area contributed by atoms with Crippen LogP contribution in [-0.2, 0) is 54.2 Å². The molecule has 1 saturated heterocycles. The van der Waals surface area contributed by atoms with Crippen LogP contribution in [0.3, 0.4) is 0 Å². The van der Waals surface area contributed by atoms with Crippen molar-refractivity contribution in [1.82, 2.24) is 0 Å². The predicted molar refractivity (Wildman–Crippen MR) is 135 cm³/mol. The van der Waals surface area contributed by atoms with Crippen molar-refractivity contribution < 1.29 is 57.1 Å². The van der Waals surface area contributed by atoms with Gasteiger partial charge in [0.25, 0.3) is 0 Å². The summed E-state index contributed by atoms with van der Waals surface area (Å²) in [6, 6.07) is 14.6. The molecule has 0 amide bonds. The number of ether oxygens (including phenoxy) is 7. The van der Waals surface area contributed by atoms with Gasteiger partial charge in [0.2, 0.25) is 12.4 Å². The third-order valence-electron chi connectivity index (χ3n) is 5.55. The van der Waals surface area contributed by atoms with Crippen LogP contribution in [0.15, 0.2) is 54.6 Å². The van der Waals surface area contributed by atoms with Crippen LogP contribution in [0.4, 0.5) is 0 Å². The van der Waals surface area contributed by atoms with Gasteiger partial charge in [-0.05, 0) is 18.2 Å². The number of esters is 5. The Balaban J connectivity index is 2.05. The number of carbonyl (C=O) groups is 5. The van der Waals surface area contributed by atoms with Gasteiger partial charge in [-0.2, -0.15) is 0 Å². The highest BCUT2D eigenvalue weighted by Crippen LogP contribution is 2.32. The third kappa shape index (κ3) is 8.53. The summed E-state index contributed by atoms with van der Waals surface area (Å²) in [4.78, 5) is 60.2. The van der Waals surface area contributed by atoms with Gasteiger partial charge in [0.05, 0.1) is 5.56 Å². The van der Waals surface area contributed by atoms with Gasteiger partial charge >= 0.3 is 29.8 Å². The summed E-state index contributed by atoms with van der Waals surface area (Å²) in [5, 5.41) is 0. The molecular formula is C28H30O12. The van der Waals surface area contributed by atoms with Gasteiger partial charge in [0.15, 0.2) is 12.2 Å². The summed E-state index contributed by atoms with van der Waals surface area (Å²) in [6.45, 7) is 4.16. The van der Waals surface area contributed by atoms with Crippen molar-refractivity contribution in [3.05, 3.63) is 65.7 Å². The second-order valence-corrected chi connectivity index (χ2v) is 8.74. The molecule has 0 N–H and O–H groups in total. The van der Waals surface area contributed by atoms with Gasteiger partial charge in [-0.1, -0.05) is 36.4 Å². The maximum atomic E-state index is 13.1. The van der Waals surface area contributed by atoms with Gasteiger partial charge in [-0.15, -0.1) is 0 Å². The van der Waals surface area contributed by atoms with Crippen LogP contribution in [0.25, 0.3) is 0 Å². The second kappa shape index (κ2) is 14.1. The zero-order chi connectivity index (χ0) is 29.2. The molecule has 5 atom stereocenters. The first kappa shape index (κ1) is 30.1. The number of carbonyl (C=O) groups excluding carboxylic acids is 5. The maximum absolute atomic E-state index is 13.1. The monoisotopic (exact) mass is 558 g/mol. The molecule has 1 fully saturated rings. The molecule has 1 aliphatic rings. The van der Waals surface area contributed by atoms with E-state index in [2.05, 4.69) is 0 Å². The minimum absolute atomic E-state index is 0.132. The number of hydrogen-bond donors (Lipinski definition) is 0. The lowest BCUT2D eigenvalue weighted by atomic mass is 9.98. The highest BCUT2D eigenvalue weighted by atomic mass is 16.7. The fraction of sp³-hybridized carbons (Fsp3) is 0.393. The van der Waals surface area contributed by atoms with Gasteiger partial charge in [-0.25, -0.2) is 4.79 Å². The molecule has 5 unspecified atom stereocenters. The first-order valence-electron chi connectivity index (χ1n) is 12.3. The van der Waals surface area contributed by atoms with Crippen molar-refractivity contribution >= 4 is 29.8 Å². The van der Waals surface area contributed by atoms with Crippen molar-refractivity contribution in [2.45, 2.75) is 65.0 Å². The van der Waals surface area contributed by atoms with Crippen LogP contribution < -0.4 is 4.74 Å². The Morgan fingerprint density at radius 1 is 0.675 bits per heavy atom. The Kier molecular flexibility index (Phi) is 10.6. The van der Waals surface area contributed by atoms with Crippen molar-refractivity contribution in [3.63, 3.8) is 0 Å². The lowest BCUT2D eigenvalue weighted by Gasteiger charge is -2.44. The van der Waals surface area contributed by atoms with Crippen molar-refractivity contribution in [3.8, 4) is 5.75 Å². The molecule has 12 nitrogen and oxygen atoms in total. The molecule has 2 aromatic rings. The third-order valence-corrected chi connectivity index (χ3v) is 5.55. The zero-order valence-electron chi connectivity index (χ0n) is 22.4. The Hall–Kier alpha value is -4.45. The van der Waals surface area contributed by atoms with Crippen molar-refractivity contribution in [2.24, 2.45) is 0 Å². The molecule has 0 aliphatic carbocycles. The number of benzene rings is 2. The first-order chi connectivity index (χ1) is 19.0. The molecule has 214 valence electrons. The van der Waals surface area contributed by atoms with Crippen LogP contribution in [0.2, 0.25) is 0 Å². The highest BCUT2D eigenvalue weighted by molar-refractivity contribution is 5.89. The van der Waals surface area contributed by atoms with E-state index in [0.29, 0.717) is 5.56 Å². The Bertz CT molecular complexity index is 1210. The van der Waals surface area contributed by atoms with Crippen molar-refractivity contribution in [2.75, 3.05) is 6.61 Å². The standard InChI is InChI=1S/C28H30O12/c1-16(29)34-14-21-12-8-9-13-22(21)38-28-26(40-27(33)20-10-6-5-7-11-20)25(37-19(4)32)24(36-18(3)31)23(39-28)15-35-17(2)30/h5-13,23-26,28H,14-15H2,1-4H3. The van der Waals surface area contributed by atoms with Crippen LogP contribution in [-0.4, -0.2) is 67.2 Å². The second-order valence-electron chi connectivity index (χ2n) is 8.74. The number of hydrogen-bond acceptors (Lipinski definition) is 12. The normalized spacial score (nSPS) is 21.9. The van der Waals surface area contributed by atoms with E-state index >= 15 is 0 Å². The molecule has 0 bridgehead atoms. The van der Waals surface area contributed by atoms with Crippen LogP contribution in [0.1, 0.15) is 43.6 Å². The largest absolute Gasteiger partial charge is 0.463 e. The lowest BCUT2D eigenvalue weighted by Crippen LogP contribution is -2.63. The molecule has 3 rings (SSSR count). The maximum Gasteiger partial charge on any atom is 0.338 e. The quantitative estimate of drug-likeness (QED) is 0.311. The van der Waals surface area contributed by atoms with E-state index in [9.17, 15) is 24.0 Å². The van der Waals surface area contributed by atoms with Gasteiger partial charge < -0.3 is 33.2 Å². The molecule has 2 aromatic carbocycles. The van der Waals surface area contributed by atoms with Crippen LogP contribution in [0.5, 0.6) is 5.75 Å². The summed E-state index contributed by atoms with van der Waals surface area (Å²) < 4.78 is 39.0. The first-order valence-corrected chi connectivity index (χ1v) is 12.3. The smallest absolute Gasteiger partial charge is 0.338 e. The summed E-state index contributed by atoms with van der Waals surface area (Å²) in [7, 11) is 0. The van der Waals surface area contributed by atoms with Crippen LogP contribution >= 0.6 is 0 Å². The average Bonchev–Trinajstić information content (AvgIpc) is 2.90. The molecule has 1 heterocycles. The molecule has 0 saturated carbocycles. The highest BCUT2D eigenvalue weighted by Gasteiger charge is 2.53. The van der Waals surface area contributed by atoms with E-state index in [1.54, 1.807) is 42.5 Å². The Morgan fingerprint density at radius 2 is 1.27 bits per heavy atom. The van der Waals surface area contributed by atoms with E-state index in [4.69, 9.17) is 33.2 Å². The molecule has 0 spiro atoms. The SMILES string of the molecule is CC(=O)OCc1ccccc1OC1OC(COC(C)=O)C(OC(C)=O)C(OC(C)=O)C1OC(=O)c1ccccc1. The van der Waals surface area contributed by atoms with Crippen molar-refractivity contribution in [1.29, 1.82) is 0 Å². The summed E-state index contributed by atoms with van der Waals surface area (Å²) in [5.74, 6) is -3.28. The van der Waals surface area contributed by atoms with Gasteiger partial charge in [0, 0.05) is 33.3 Å². The van der Waals surface area contributed by atoms with Crippen LogP contribution in [0, 0.1) is 0 Å². The molecule has 0 aromatic heterocycles. The Morgan fingerprint density at radius 3 is 1.90 bits per heavy atom. The summed E-state index contributed by atoms with van der Waals surface area (Å²) >= 11 is 0. The zero-order valence-corrected chi connectivity index (χ0v) is 22.4. The average molecular weight is 559 g/mol. The number of para-hydroxylation sites is 1. The molecule has 1 aliphatic heterocycles. The van der Waals surface area contributed by atoms with Gasteiger partial charge in [-0.3, -0.25) is 19.2 Å². The lowest BCUT2D eigenvalue weighted by molar-refractivity contribution is -0.284. The fourth-order valence-corrected chi connectivity index (χ4v) is 3.90. The van der Waals surface area contributed by atoms with E-state index in [1.807, 2.05) is 0 Å². The van der Waals surface area contributed by atoms with E-state index in [-0.39, 0.29) is 17.9 Å². The fourth-order valence-electron chi connectivity index (χ4n) is 3.90. The molecule has 0 radical (unpaired) electrons. The summed E-state index contributed by atoms with van der Waals surface area (Å²) in [6.07, 6.45) is -6.87. The minimum atomic E-state index is -1.46. The van der Waals surface area contributed by atoms with E-state index < -0.39 is 67.2 Å². The molecular weight excluding hydrogens is 528 g/mol. The number of rotatable bonds is 10. The van der Waals surface area contributed by atoms with Gasteiger partial charge in [0.1, 0.15) is 25.1 Å². The summed E-state index contributed by atoms with van der Waals surface area (Å²) in [5.41, 5.74) is 0.640. The molecule has 40 heavy (non-hydrogen) atoms. The van der Waals surface area contributed by atoms with E-state index in [0.717, 1.165) is 13.8 Å². The minimum Gasteiger partial charge on any atom is -0.463 e. The Labute approximate surface area is 230 Å². The van der Waals surface area contributed by atoms with E-state index in [1.165, 1.54) is 26.0 Å². The predicted octanol–water partition coefficient (Wildman–Crippen LogP) is 2.51. The topological polar surface area (TPSA) is 150 Å².